The van der Waals surface area contributed by atoms with Gasteiger partial charge in [-0.25, -0.2) is 30.7 Å². The molecular formula is C32H20F12O2. The lowest BCUT2D eigenvalue weighted by atomic mass is 9.96. The third-order valence-corrected chi connectivity index (χ3v) is 6.52. The predicted molar refractivity (Wildman–Crippen MR) is 142 cm³/mol. The number of allylic oxidation sites excluding steroid dienone is 1. The molecule has 2 nitrogen and oxygen atoms in total. The Balaban J connectivity index is 1.60. The summed E-state index contributed by atoms with van der Waals surface area (Å²) in [6, 6.07) is 5.50. The molecule has 0 saturated carbocycles. The van der Waals surface area contributed by atoms with Gasteiger partial charge in [-0.3, -0.25) is 0 Å². The zero-order valence-electron chi connectivity index (χ0n) is 23.3. The molecule has 0 bridgehead atoms. The molecule has 0 spiro atoms. The minimum Gasteiger partial charge on any atom is -0.459 e. The highest BCUT2D eigenvalue weighted by molar-refractivity contribution is 5.72. The van der Waals surface area contributed by atoms with E-state index in [-0.39, 0.29) is 41.5 Å². The number of halogens is 12. The second-order valence-electron chi connectivity index (χ2n) is 9.83. The first-order chi connectivity index (χ1) is 21.5. The summed E-state index contributed by atoms with van der Waals surface area (Å²) in [7, 11) is 0. The van der Waals surface area contributed by atoms with Gasteiger partial charge in [0.1, 0.15) is 40.4 Å². The lowest BCUT2D eigenvalue weighted by molar-refractivity contribution is -0.189. The zero-order valence-corrected chi connectivity index (χ0v) is 23.3. The van der Waals surface area contributed by atoms with E-state index in [0.717, 1.165) is 36.8 Å². The number of hydrogen-bond acceptors (Lipinski definition) is 2. The monoisotopic (exact) mass is 664 g/mol. The maximum atomic E-state index is 15.1. The van der Waals surface area contributed by atoms with Crippen LogP contribution < -0.4 is 9.47 Å². The predicted octanol–water partition coefficient (Wildman–Crippen LogP) is 10.9. The Morgan fingerprint density at radius 1 is 0.630 bits per heavy atom. The molecule has 46 heavy (non-hydrogen) atoms. The zero-order chi connectivity index (χ0) is 34.0. The Morgan fingerprint density at radius 2 is 1.22 bits per heavy atom. The molecular weight excluding hydrogens is 644 g/mol. The number of hydrogen-bond donors (Lipinski definition) is 0. The Hall–Kier alpha value is -4.62. The second-order valence-corrected chi connectivity index (χ2v) is 9.83. The summed E-state index contributed by atoms with van der Waals surface area (Å²) < 4.78 is 177. The van der Waals surface area contributed by atoms with Gasteiger partial charge in [0.05, 0.1) is 12.3 Å². The molecule has 0 aromatic heterocycles. The SMILES string of the molecule is CCCCc1cc(F)c(-c2ccc(-c3cc(F)c(C(F)(F)Oc4cc(F)c(O/C=C/C(F)(F)F)c(F)c4)c(F)c3)c(F)c2)cc1F. The van der Waals surface area contributed by atoms with Crippen molar-refractivity contribution in [3.8, 4) is 33.8 Å². The number of aryl methyl sites for hydroxylation is 1. The van der Waals surface area contributed by atoms with E-state index in [1.807, 2.05) is 6.92 Å². The van der Waals surface area contributed by atoms with Gasteiger partial charge < -0.3 is 9.47 Å². The van der Waals surface area contributed by atoms with E-state index in [1.165, 1.54) is 0 Å². The number of rotatable bonds is 10. The van der Waals surface area contributed by atoms with E-state index in [0.29, 0.717) is 18.6 Å². The Labute approximate surface area is 253 Å². The molecule has 0 aliphatic rings. The summed E-state index contributed by atoms with van der Waals surface area (Å²) in [5, 5.41) is 0. The first-order valence-electron chi connectivity index (χ1n) is 13.3. The average Bonchev–Trinajstić information content (AvgIpc) is 2.93. The van der Waals surface area contributed by atoms with Crippen molar-refractivity contribution in [3.05, 3.63) is 119 Å². The van der Waals surface area contributed by atoms with Crippen LogP contribution in [0.4, 0.5) is 52.7 Å². The van der Waals surface area contributed by atoms with E-state index in [2.05, 4.69) is 9.47 Å². The fraction of sp³-hybridized carbons (Fsp3) is 0.188. The van der Waals surface area contributed by atoms with Gasteiger partial charge >= 0.3 is 12.3 Å². The fourth-order valence-corrected chi connectivity index (χ4v) is 4.38. The minimum absolute atomic E-state index is 0.0717. The summed E-state index contributed by atoms with van der Waals surface area (Å²) in [5.74, 6) is -13.0. The third-order valence-electron chi connectivity index (χ3n) is 6.52. The van der Waals surface area contributed by atoms with Crippen LogP contribution in [0.15, 0.2) is 66.9 Å². The highest BCUT2D eigenvalue weighted by Crippen LogP contribution is 2.39. The number of benzene rings is 4. The summed E-state index contributed by atoms with van der Waals surface area (Å²) in [6.45, 7) is 1.87. The molecule has 0 atom stereocenters. The van der Waals surface area contributed by atoms with Crippen molar-refractivity contribution < 1.29 is 62.2 Å². The van der Waals surface area contributed by atoms with Crippen LogP contribution in [0.3, 0.4) is 0 Å². The van der Waals surface area contributed by atoms with Gasteiger partial charge in [-0.2, -0.15) is 22.0 Å². The fourth-order valence-electron chi connectivity index (χ4n) is 4.38. The van der Waals surface area contributed by atoms with Gasteiger partial charge in [-0.15, -0.1) is 0 Å². The van der Waals surface area contributed by atoms with Gasteiger partial charge in [0.15, 0.2) is 17.4 Å². The van der Waals surface area contributed by atoms with Crippen LogP contribution >= 0.6 is 0 Å². The maximum absolute atomic E-state index is 15.1. The molecule has 4 aromatic carbocycles. The van der Waals surface area contributed by atoms with E-state index < -0.39 is 87.3 Å². The molecule has 0 amide bonds. The molecule has 0 saturated heterocycles. The highest BCUT2D eigenvalue weighted by atomic mass is 19.4. The van der Waals surface area contributed by atoms with Gasteiger partial charge in [0, 0.05) is 23.3 Å². The molecule has 244 valence electrons. The van der Waals surface area contributed by atoms with Gasteiger partial charge in [-0.1, -0.05) is 25.5 Å². The molecule has 14 heteroatoms. The Bertz CT molecular complexity index is 1730. The Kier molecular flexibility index (Phi) is 9.97. The van der Waals surface area contributed by atoms with E-state index in [1.54, 1.807) is 0 Å². The lowest BCUT2D eigenvalue weighted by Crippen LogP contribution is -2.25. The molecule has 0 radical (unpaired) electrons. The first kappa shape index (κ1) is 34.3. The minimum atomic E-state index is -4.92. The lowest BCUT2D eigenvalue weighted by Gasteiger charge is -2.20. The summed E-state index contributed by atoms with van der Waals surface area (Å²) in [4.78, 5) is 0. The molecule has 0 aliphatic carbocycles. The van der Waals surface area contributed by atoms with Crippen molar-refractivity contribution in [2.24, 2.45) is 0 Å². The number of unbranched alkanes of at least 4 members (excludes halogenated alkanes) is 1. The highest BCUT2D eigenvalue weighted by Gasteiger charge is 2.41. The molecule has 0 heterocycles. The van der Waals surface area contributed by atoms with Crippen LogP contribution in [-0.4, -0.2) is 6.18 Å². The van der Waals surface area contributed by atoms with Crippen molar-refractivity contribution in [1.82, 2.24) is 0 Å². The van der Waals surface area contributed by atoms with Crippen LogP contribution in [0.2, 0.25) is 0 Å². The van der Waals surface area contributed by atoms with Crippen LogP contribution in [0.1, 0.15) is 30.9 Å². The van der Waals surface area contributed by atoms with Gasteiger partial charge in [0.2, 0.25) is 0 Å². The maximum Gasteiger partial charge on any atom is 0.432 e. The van der Waals surface area contributed by atoms with Crippen molar-refractivity contribution in [2.45, 2.75) is 38.5 Å². The van der Waals surface area contributed by atoms with E-state index in [4.69, 9.17) is 0 Å². The largest absolute Gasteiger partial charge is 0.459 e. The van der Waals surface area contributed by atoms with E-state index in [9.17, 15) is 48.3 Å². The quantitative estimate of drug-likeness (QED) is 0.124. The summed E-state index contributed by atoms with van der Waals surface area (Å²) in [6.07, 6.45) is -8.79. The average molecular weight is 664 g/mol. The summed E-state index contributed by atoms with van der Waals surface area (Å²) >= 11 is 0. The third kappa shape index (κ3) is 7.77. The normalized spacial score (nSPS) is 12.2. The number of alkyl halides is 5. The van der Waals surface area contributed by atoms with Crippen molar-refractivity contribution in [2.75, 3.05) is 0 Å². The first-order valence-corrected chi connectivity index (χ1v) is 13.3. The molecule has 0 aliphatic heterocycles. The van der Waals surface area contributed by atoms with Gasteiger partial charge in [0.25, 0.3) is 0 Å². The topological polar surface area (TPSA) is 18.5 Å². The van der Waals surface area contributed by atoms with Crippen LogP contribution in [-0.2, 0) is 12.5 Å². The van der Waals surface area contributed by atoms with Crippen molar-refractivity contribution >= 4 is 0 Å². The smallest absolute Gasteiger partial charge is 0.432 e. The van der Waals surface area contributed by atoms with Crippen LogP contribution in [0.25, 0.3) is 22.3 Å². The Morgan fingerprint density at radius 3 is 1.78 bits per heavy atom. The molecule has 0 N–H and O–H groups in total. The van der Waals surface area contributed by atoms with Gasteiger partial charge in [-0.05, 0) is 59.9 Å². The number of ether oxygens (including phenoxy) is 2. The van der Waals surface area contributed by atoms with E-state index >= 15 is 4.39 Å². The van der Waals surface area contributed by atoms with Crippen molar-refractivity contribution in [3.63, 3.8) is 0 Å². The second kappa shape index (κ2) is 13.4. The standard InChI is InChI=1S/C32H20F12O2/c1-2-3-4-17-10-24(35)21(15-22(17)33)16-5-6-20(23(34)9-16)18-11-25(36)29(26(37)12-18)32(43,44)46-19-13-27(38)30(28(39)14-19)45-8-7-31(40,41)42/h5-15H,2-4H2,1H3/b8-7+. The molecule has 0 fully saturated rings. The molecule has 4 aromatic rings. The van der Waals surface area contributed by atoms with Crippen LogP contribution in [0, 0.1) is 40.7 Å². The molecule has 4 rings (SSSR count). The summed E-state index contributed by atoms with van der Waals surface area (Å²) in [5.41, 5.74) is -3.39. The molecule has 0 unspecified atom stereocenters. The van der Waals surface area contributed by atoms with Crippen molar-refractivity contribution in [1.29, 1.82) is 0 Å². The van der Waals surface area contributed by atoms with Crippen LogP contribution in [0.5, 0.6) is 11.5 Å².